The second-order valence-electron chi connectivity index (χ2n) is 3.22. The zero-order valence-corrected chi connectivity index (χ0v) is 11.7. The summed E-state index contributed by atoms with van der Waals surface area (Å²) in [5.74, 6) is 0.981. The molecule has 0 heterocycles. The molecule has 3 heteroatoms. The van der Waals surface area contributed by atoms with Gasteiger partial charge in [0.15, 0.2) is 0 Å². The Morgan fingerprint density at radius 2 is 1.87 bits per heavy atom. The number of rotatable bonds is 5. The molecule has 0 N–H and O–H groups in total. The zero-order chi connectivity index (χ0) is 11.3. The normalized spacial score (nSPS) is 10.1. The molecule has 0 radical (unpaired) electrons. The van der Waals surface area contributed by atoms with Gasteiger partial charge in [-0.15, -0.1) is 0 Å². The van der Waals surface area contributed by atoms with E-state index in [1.54, 1.807) is 0 Å². The number of ether oxygens (including phenoxy) is 1. The lowest BCUT2D eigenvalue weighted by Gasteiger charge is -2.21. The first-order valence-electron chi connectivity index (χ1n) is 5.40. The lowest BCUT2D eigenvalue weighted by atomic mass is 10.2. The minimum absolute atomic E-state index is 0.723. The predicted octanol–water partition coefficient (Wildman–Crippen LogP) is 3.54. The van der Waals surface area contributed by atoms with Crippen molar-refractivity contribution in [3.63, 3.8) is 0 Å². The number of hydrogen-bond donors (Lipinski definition) is 0. The summed E-state index contributed by atoms with van der Waals surface area (Å²) in [6.45, 7) is 9.16. The molecule has 0 atom stereocenters. The van der Waals surface area contributed by atoms with Crippen LogP contribution in [0.2, 0.25) is 0 Å². The molecule has 0 saturated heterocycles. The van der Waals surface area contributed by atoms with Gasteiger partial charge in [0.05, 0.1) is 10.2 Å². The molecule has 0 saturated carbocycles. The molecule has 0 aromatic heterocycles. The van der Waals surface area contributed by atoms with E-state index in [2.05, 4.69) is 59.5 Å². The molecule has 2 nitrogen and oxygen atoms in total. The van der Waals surface area contributed by atoms with Crippen molar-refractivity contribution >= 4 is 28.3 Å². The van der Waals surface area contributed by atoms with Crippen molar-refractivity contribution in [3.8, 4) is 5.75 Å². The maximum atomic E-state index is 5.51. The largest absolute Gasteiger partial charge is 0.493 e. The molecule has 84 valence electrons. The van der Waals surface area contributed by atoms with Crippen molar-refractivity contribution < 1.29 is 4.74 Å². The Balaban J connectivity index is 2.89. The average molecular weight is 319 g/mol. The maximum Gasteiger partial charge on any atom is 0.132 e. The second-order valence-corrected chi connectivity index (χ2v) is 4.38. The smallest absolute Gasteiger partial charge is 0.132 e. The van der Waals surface area contributed by atoms with Crippen LogP contribution in [0.3, 0.4) is 0 Å². The van der Waals surface area contributed by atoms with Crippen LogP contribution in [0.5, 0.6) is 5.75 Å². The van der Waals surface area contributed by atoms with Crippen molar-refractivity contribution in [2.45, 2.75) is 20.8 Å². The van der Waals surface area contributed by atoms with E-state index in [0.29, 0.717) is 0 Å². The third-order valence-corrected chi connectivity index (χ3v) is 3.19. The van der Waals surface area contributed by atoms with Gasteiger partial charge < -0.3 is 9.64 Å². The molecule has 0 amide bonds. The standard InChI is InChI=1S/C12H18INO/c1-4-14(5-2)10-7-8-12(15-6-3)11(13)9-10/h7-9H,4-6H2,1-3H3. The molecule has 0 aliphatic carbocycles. The summed E-state index contributed by atoms with van der Waals surface area (Å²) >= 11 is 2.32. The van der Waals surface area contributed by atoms with Crippen LogP contribution in [0.4, 0.5) is 5.69 Å². The van der Waals surface area contributed by atoms with E-state index < -0.39 is 0 Å². The van der Waals surface area contributed by atoms with E-state index in [9.17, 15) is 0 Å². The Kier molecular flexibility index (Phi) is 5.22. The van der Waals surface area contributed by atoms with Gasteiger partial charge in [0.1, 0.15) is 5.75 Å². The Morgan fingerprint density at radius 1 is 1.20 bits per heavy atom. The topological polar surface area (TPSA) is 12.5 Å². The van der Waals surface area contributed by atoms with Crippen molar-refractivity contribution in [1.29, 1.82) is 0 Å². The molecule has 0 aliphatic rings. The summed E-state index contributed by atoms with van der Waals surface area (Å²) in [5.41, 5.74) is 1.27. The van der Waals surface area contributed by atoms with Crippen molar-refractivity contribution in [1.82, 2.24) is 0 Å². The van der Waals surface area contributed by atoms with E-state index in [1.165, 1.54) is 9.26 Å². The van der Waals surface area contributed by atoms with Gasteiger partial charge in [-0.05, 0) is 61.6 Å². The third kappa shape index (κ3) is 3.26. The Bertz CT molecular complexity index is 310. The highest BCUT2D eigenvalue weighted by Gasteiger charge is 2.05. The Hall–Kier alpha value is -0.450. The van der Waals surface area contributed by atoms with Crippen LogP contribution in [0.1, 0.15) is 20.8 Å². The predicted molar refractivity (Wildman–Crippen MR) is 73.9 cm³/mol. The second kappa shape index (κ2) is 6.20. The van der Waals surface area contributed by atoms with Crippen LogP contribution < -0.4 is 9.64 Å². The molecule has 15 heavy (non-hydrogen) atoms. The quantitative estimate of drug-likeness (QED) is 0.770. The molecule has 0 fully saturated rings. The molecular formula is C12H18INO. The summed E-state index contributed by atoms with van der Waals surface area (Å²) in [4.78, 5) is 2.33. The number of nitrogens with zero attached hydrogens (tertiary/aromatic N) is 1. The molecular weight excluding hydrogens is 301 g/mol. The van der Waals surface area contributed by atoms with Gasteiger partial charge in [0.25, 0.3) is 0 Å². The SMILES string of the molecule is CCOc1ccc(N(CC)CC)cc1I. The van der Waals surface area contributed by atoms with Crippen LogP contribution in [0.15, 0.2) is 18.2 Å². The minimum Gasteiger partial charge on any atom is -0.493 e. The van der Waals surface area contributed by atoms with Crippen LogP contribution >= 0.6 is 22.6 Å². The lowest BCUT2D eigenvalue weighted by Crippen LogP contribution is -2.21. The van der Waals surface area contributed by atoms with Crippen molar-refractivity contribution in [3.05, 3.63) is 21.8 Å². The molecule has 0 bridgehead atoms. The fraction of sp³-hybridized carbons (Fsp3) is 0.500. The van der Waals surface area contributed by atoms with E-state index in [1.807, 2.05) is 6.92 Å². The molecule has 1 rings (SSSR count). The van der Waals surface area contributed by atoms with Gasteiger partial charge in [-0.1, -0.05) is 0 Å². The van der Waals surface area contributed by atoms with Crippen LogP contribution in [-0.4, -0.2) is 19.7 Å². The molecule has 0 unspecified atom stereocenters. The number of benzene rings is 1. The van der Waals surface area contributed by atoms with E-state index in [-0.39, 0.29) is 0 Å². The Labute approximate surface area is 106 Å². The maximum absolute atomic E-state index is 5.51. The van der Waals surface area contributed by atoms with Gasteiger partial charge in [-0.25, -0.2) is 0 Å². The summed E-state index contributed by atoms with van der Waals surface area (Å²) in [6.07, 6.45) is 0. The highest BCUT2D eigenvalue weighted by Crippen LogP contribution is 2.26. The molecule has 1 aromatic rings. The molecule has 0 aliphatic heterocycles. The Morgan fingerprint density at radius 3 is 2.33 bits per heavy atom. The zero-order valence-electron chi connectivity index (χ0n) is 9.59. The van der Waals surface area contributed by atoms with Gasteiger partial charge in [-0.2, -0.15) is 0 Å². The first-order valence-corrected chi connectivity index (χ1v) is 6.48. The fourth-order valence-corrected chi connectivity index (χ4v) is 2.20. The lowest BCUT2D eigenvalue weighted by molar-refractivity contribution is 0.338. The highest BCUT2D eigenvalue weighted by molar-refractivity contribution is 14.1. The van der Waals surface area contributed by atoms with E-state index in [4.69, 9.17) is 4.74 Å². The summed E-state index contributed by atoms with van der Waals surface area (Å²) in [5, 5.41) is 0. The van der Waals surface area contributed by atoms with E-state index >= 15 is 0 Å². The number of halogens is 1. The summed E-state index contributed by atoms with van der Waals surface area (Å²) < 4.78 is 6.69. The van der Waals surface area contributed by atoms with Crippen molar-refractivity contribution in [2.24, 2.45) is 0 Å². The minimum atomic E-state index is 0.723. The van der Waals surface area contributed by atoms with Gasteiger partial charge >= 0.3 is 0 Å². The molecule has 1 aromatic carbocycles. The average Bonchev–Trinajstić information content (AvgIpc) is 2.24. The van der Waals surface area contributed by atoms with Gasteiger partial charge in [-0.3, -0.25) is 0 Å². The first-order chi connectivity index (χ1) is 7.22. The third-order valence-electron chi connectivity index (χ3n) is 2.34. The van der Waals surface area contributed by atoms with Gasteiger partial charge in [0, 0.05) is 18.8 Å². The van der Waals surface area contributed by atoms with Crippen LogP contribution in [-0.2, 0) is 0 Å². The number of hydrogen-bond acceptors (Lipinski definition) is 2. The molecule has 0 spiro atoms. The summed E-state index contributed by atoms with van der Waals surface area (Å²) in [6, 6.07) is 6.36. The monoisotopic (exact) mass is 319 g/mol. The van der Waals surface area contributed by atoms with Gasteiger partial charge in [0.2, 0.25) is 0 Å². The fourth-order valence-electron chi connectivity index (χ4n) is 1.55. The van der Waals surface area contributed by atoms with Crippen LogP contribution in [0.25, 0.3) is 0 Å². The summed E-state index contributed by atoms with van der Waals surface area (Å²) in [7, 11) is 0. The van der Waals surface area contributed by atoms with Crippen LogP contribution in [0, 0.1) is 3.57 Å². The number of anilines is 1. The highest BCUT2D eigenvalue weighted by atomic mass is 127. The first kappa shape index (κ1) is 12.6. The van der Waals surface area contributed by atoms with E-state index in [0.717, 1.165) is 25.4 Å². The van der Waals surface area contributed by atoms with Crippen molar-refractivity contribution in [2.75, 3.05) is 24.6 Å².